The fraction of sp³-hybridized carbons (Fsp3) is 0.320. The van der Waals surface area contributed by atoms with Crippen LogP contribution in [0.3, 0.4) is 0 Å². The molecular formula is C25H27N7O2. The molecule has 9 nitrogen and oxygen atoms in total. The monoisotopic (exact) mass is 457 g/mol. The van der Waals surface area contributed by atoms with Gasteiger partial charge < -0.3 is 10.4 Å². The maximum Gasteiger partial charge on any atom is 0.270 e. The number of aromatic nitrogens is 6. The third-order valence-electron chi connectivity index (χ3n) is 6.30. The van der Waals surface area contributed by atoms with Crippen molar-refractivity contribution in [2.24, 2.45) is 7.05 Å². The van der Waals surface area contributed by atoms with E-state index in [0.29, 0.717) is 24.4 Å². The highest BCUT2D eigenvalue weighted by atomic mass is 16.3. The van der Waals surface area contributed by atoms with Crippen molar-refractivity contribution in [3.63, 3.8) is 0 Å². The molecule has 2 atom stereocenters. The minimum Gasteiger partial charge on any atom is -0.391 e. The van der Waals surface area contributed by atoms with Crippen molar-refractivity contribution < 1.29 is 9.90 Å². The number of aryl methyl sites for hydroxylation is 1. The molecule has 1 fully saturated rings. The third-order valence-corrected chi connectivity index (χ3v) is 6.30. The Labute approximate surface area is 197 Å². The quantitative estimate of drug-likeness (QED) is 0.461. The summed E-state index contributed by atoms with van der Waals surface area (Å²) in [5.74, 6) is 0.321. The lowest BCUT2D eigenvalue weighted by atomic mass is 10.0. The summed E-state index contributed by atoms with van der Waals surface area (Å²) in [6.07, 6.45) is 9.67. The molecule has 2 N–H and O–H groups in total. The molecule has 5 rings (SSSR count). The summed E-state index contributed by atoms with van der Waals surface area (Å²) < 4.78 is 3.42. The van der Waals surface area contributed by atoms with Crippen molar-refractivity contribution in [1.82, 2.24) is 34.8 Å². The Bertz CT molecular complexity index is 1300. The molecular weight excluding hydrogens is 430 g/mol. The van der Waals surface area contributed by atoms with Gasteiger partial charge in [-0.1, -0.05) is 6.07 Å². The lowest BCUT2D eigenvalue weighted by Gasteiger charge is -2.18. The van der Waals surface area contributed by atoms with Crippen LogP contribution in [0.4, 0.5) is 0 Å². The van der Waals surface area contributed by atoms with Crippen LogP contribution >= 0.6 is 0 Å². The molecule has 0 aromatic carbocycles. The van der Waals surface area contributed by atoms with Gasteiger partial charge in [0, 0.05) is 31.8 Å². The van der Waals surface area contributed by atoms with E-state index < -0.39 is 6.10 Å². The van der Waals surface area contributed by atoms with E-state index in [1.54, 1.807) is 15.6 Å². The SMILES string of the molecule is Cc1c(Cc2ccc(-c3ccn(C)n3)nc2)cc(C(=O)N[C@H]2CCC[C@@H]2O)nc1-n1cccn1. The largest absolute Gasteiger partial charge is 0.391 e. The molecule has 0 spiro atoms. The number of carbonyl (C=O) groups excluding carboxylic acids is 1. The van der Waals surface area contributed by atoms with Crippen LogP contribution in [0, 0.1) is 6.92 Å². The maximum absolute atomic E-state index is 13.1. The molecule has 1 aliphatic rings. The highest BCUT2D eigenvalue weighted by Crippen LogP contribution is 2.23. The van der Waals surface area contributed by atoms with Crippen molar-refractivity contribution in [3.8, 4) is 17.2 Å². The molecule has 4 aromatic rings. The number of amides is 1. The Morgan fingerprint density at radius 1 is 1.21 bits per heavy atom. The molecule has 4 heterocycles. The number of aliphatic hydroxyl groups excluding tert-OH is 1. The molecule has 1 saturated carbocycles. The van der Waals surface area contributed by atoms with Gasteiger partial charge in [0.05, 0.1) is 17.8 Å². The molecule has 34 heavy (non-hydrogen) atoms. The van der Waals surface area contributed by atoms with Crippen molar-refractivity contribution >= 4 is 5.91 Å². The first-order valence-electron chi connectivity index (χ1n) is 11.4. The zero-order valence-electron chi connectivity index (χ0n) is 19.2. The lowest BCUT2D eigenvalue weighted by Crippen LogP contribution is -2.40. The number of hydrogen-bond acceptors (Lipinski definition) is 6. The Morgan fingerprint density at radius 2 is 2.09 bits per heavy atom. The Hall–Kier alpha value is -3.85. The zero-order valence-corrected chi connectivity index (χ0v) is 19.2. The number of nitrogens with one attached hydrogen (secondary N) is 1. The van der Waals surface area contributed by atoms with Crippen LogP contribution in [0.2, 0.25) is 0 Å². The van der Waals surface area contributed by atoms with Gasteiger partial charge in [0.1, 0.15) is 11.4 Å². The standard InChI is InChI=1S/C25H27N7O2/c1-16-18(13-17-7-8-19(26-15-17)20-9-12-31(2)30-20)14-22(28-24(16)32-11-4-10-27-32)25(34)29-21-5-3-6-23(21)33/h4,7-12,14-15,21,23,33H,3,5-6,13H2,1-2H3,(H,29,34)/t21-,23-/m0/s1. The number of aliphatic hydroxyl groups is 1. The molecule has 0 bridgehead atoms. The van der Waals surface area contributed by atoms with Gasteiger partial charge in [-0.3, -0.25) is 14.5 Å². The summed E-state index contributed by atoms with van der Waals surface area (Å²) in [6.45, 7) is 1.98. The number of pyridine rings is 2. The van der Waals surface area contributed by atoms with Crippen LogP contribution in [0.25, 0.3) is 17.2 Å². The average molecular weight is 458 g/mol. The van der Waals surface area contributed by atoms with Gasteiger partial charge in [0.25, 0.3) is 5.91 Å². The lowest BCUT2D eigenvalue weighted by molar-refractivity contribution is 0.0868. The van der Waals surface area contributed by atoms with E-state index in [0.717, 1.165) is 40.9 Å². The number of nitrogens with zero attached hydrogens (tertiary/aromatic N) is 6. The molecule has 0 saturated heterocycles. The molecule has 1 aliphatic carbocycles. The van der Waals surface area contributed by atoms with E-state index in [2.05, 4.69) is 25.5 Å². The van der Waals surface area contributed by atoms with Crippen molar-refractivity contribution in [2.75, 3.05) is 0 Å². The van der Waals surface area contributed by atoms with Crippen molar-refractivity contribution in [2.45, 2.75) is 44.8 Å². The van der Waals surface area contributed by atoms with Crippen molar-refractivity contribution in [1.29, 1.82) is 0 Å². The summed E-state index contributed by atoms with van der Waals surface area (Å²) in [4.78, 5) is 22.3. The minimum atomic E-state index is -0.511. The first-order chi connectivity index (χ1) is 16.5. The second kappa shape index (κ2) is 9.18. The highest BCUT2D eigenvalue weighted by molar-refractivity contribution is 5.93. The molecule has 9 heteroatoms. The second-order valence-electron chi connectivity index (χ2n) is 8.75. The molecule has 0 radical (unpaired) electrons. The predicted molar refractivity (Wildman–Crippen MR) is 126 cm³/mol. The first-order valence-corrected chi connectivity index (χ1v) is 11.4. The molecule has 0 aliphatic heterocycles. The summed E-state index contributed by atoms with van der Waals surface area (Å²) in [5.41, 5.74) is 4.85. The van der Waals surface area contributed by atoms with E-state index in [-0.39, 0.29) is 11.9 Å². The Morgan fingerprint density at radius 3 is 2.74 bits per heavy atom. The summed E-state index contributed by atoms with van der Waals surface area (Å²) in [5, 5.41) is 21.8. The molecule has 4 aromatic heterocycles. The Kier molecular flexibility index (Phi) is 5.93. The van der Waals surface area contributed by atoms with E-state index in [9.17, 15) is 9.90 Å². The van der Waals surface area contributed by atoms with Gasteiger partial charge in [-0.15, -0.1) is 0 Å². The van der Waals surface area contributed by atoms with Gasteiger partial charge in [0.2, 0.25) is 0 Å². The summed E-state index contributed by atoms with van der Waals surface area (Å²) in [7, 11) is 1.88. The van der Waals surface area contributed by atoms with Gasteiger partial charge >= 0.3 is 0 Å². The minimum absolute atomic E-state index is 0.240. The normalized spacial score (nSPS) is 17.7. The van der Waals surface area contributed by atoms with Crippen LogP contribution in [0.1, 0.15) is 46.4 Å². The van der Waals surface area contributed by atoms with Crippen LogP contribution in [0.5, 0.6) is 0 Å². The second-order valence-corrected chi connectivity index (χ2v) is 8.75. The fourth-order valence-corrected chi connectivity index (χ4v) is 4.37. The van der Waals surface area contributed by atoms with Crippen LogP contribution in [-0.2, 0) is 13.5 Å². The average Bonchev–Trinajstić information content (AvgIpc) is 3.59. The number of rotatable bonds is 6. The molecule has 1 amide bonds. The Balaban J connectivity index is 1.45. The zero-order chi connectivity index (χ0) is 23.7. The van der Waals surface area contributed by atoms with E-state index in [1.165, 1.54) is 0 Å². The molecule has 0 unspecified atom stereocenters. The molecule has 174 valence electrons. The van der Waals surface area contributed by atoms with Crippen LogP contribution < -0.4 is 5.32 Å². The highest BCUT2D eigenvalue weighted by Gasteiger charge is 2.28. The fourth-order valence-electron chi connectivity index (χ4n) is 4.37. The van der Waals surface area contributed by atoms with Gasteiger partial charge in [0.15, 0.2) is 5.82 Å². The van der Waals surface area contributed by atoms with E-state index in [1.807, 2.05) is 62.9 Å². The van der Waals surface area contributed by atoms with Crippen LogP contribution in [-0.4, -0.2) is 52.7 Å². The van der Waals surface area contributed by atoms with E-state index in [4.69, 9.17) is 0 Å². The summed E-state index contributed by atoms with van der Waals surface area (Å²) >= 11 is 0. The third kappa shape index (κ3) is 4.47. The number of hydrogen-bond donors (Lipinski definition) is 2. The smallest absolute Gasteiger partial charge is 0.270 e. The van der Waals surface area contributed by atoms with Gasteiger partial charge in [-0.05, 0) is 73.6 Å². The predicted octanol–water partition coefficient (Wildman–Crippen LogP) is 2.61. The van der Waals surface area contributed by atoms with Crippen LogP contribution in [0.15, 0.2) is 55.1 Å². The maximum atomic E-state index is 13.1. The van der Waals surface area contributed by atoms with Crippen molar-refractivity contribution in [3.05, 3.63) is 77.5 Å². The van der Waals surface area contributed by atoms with Gasteiger partial charge in [-0.25, -0.2) is 9.67 Å². The number of carbonyl (C=O) groups is 1. The summed E-state index contributed by atoms with van der Waals surface area (Å²) in [6, 6.07) is 9.32. The first kappa shape index (κ1) is 22.0. The topological polar surface area (TPSA) is 111 Å². The van der Waals surface area contributed by atoms with Gasteiger partial charge in [-0.2, -0.15) is 10.2 Å². The van der Waals surface area contributed by atoms with E-state index >= 15 is 0 Å².